The summed E-state index contributed by atoms with van der Waals surface area (Å²) < 4.78 is 6.01. The third kappa shape index (κ3) is 4.24. The topological polar surface area (TPSA) is 45.3 Å². The number of aromatic nitrogens is 1. The zero-order valence-electron chi connectivity index (χ0n) is 14.6. The number of aromatic amines is 1. The molecule has 1 aliphatic heterocycles. The van der Waals surface area contributed by atoms with Crippen LogP contribution >= 0.6 is 0 Å². The van der Waals surface area contributed by atoms with Crippen LogP contribution in [0, 0.1) is 19.8 Å². The average Bonchev–Trinajstić information content (AvgIpc) is 2.57. The highest BCUT2D eigenvalue weighted by Crippen LogP contribution is 2.29. The third-order valence-corrected chi connectivity index (χ3v) is 5.54. The van der Waals surface area contributed by atoms with E-state index in [0.717, 1.165) is 49.0 Å². The highest BCUT2D eigenvalue weighted by atomic mass is 16.5. The van der Waals surface area contributed by atoms with E-state index in [0.29, 0.717) is 6.10 Å². The summed E-state index contributed by atoms with van der Waals surface area (Å²) in [5.74, 6) is 0.856. The molecule has 1 aromatic heterocycles. The van der Waals surface area contributed by atoms with Gasteiger partial charge in [-0.15, -0.1) is 0 Å². The molecule has 0 aromatic carbocycles. The molecule has 2 fully saturated rings. The fourth-order valence-electron chi connectivity index (χ4n) is 4.05. The van der Waals surface area contributed by atoms with Gasteiger partial charge in [-0.05, 0) is 26.2 Å². The molecule has 3 rings (SSSR count). The largest absolute Gasteiger partial charge is 0.376 e. The van der Waals surface area contributed by atoms with E-state index in [9.17, 15) is 4.79 Å². The first kappa shape index (κ1) is 16.7. The minimum atomic E-state index is 0.172. The molecule has 1 saturated heterocycles. The summed E-state index contributed by atoms with van der Waals surface area (Å²) in [6.07, 6.45) is 10.4. The highest BCUT2D eigenvalue weighted by Gasteiger charge is 2.25. The van der Waals surface area contributed by atoms with Crippen LogP contribution in [0.15, 0.2) is 11.0 Å². The van der Waals surface area contributed by atoms with Crippen LogP contribution in [-0.2, 0) is 11.3 Å². The number of aryl methyl sites for hydroxylation is 1. The van der Waals surface area contributed by atoms with Crippen molar-refractivity contribution in [3.63, 3.8) is 0 Å². The SMILES string of the molecule is Cc1c[nH]c(CN2CCO[C@H](CC3CCCCC3)C2)c(C)c1=O. The summed E-state index contributed by atoms with van der Waals surface area (Å²) in [6.45, 7) is 7.38. The zero-order valence-corrected chi connectivity index (χ0v) is 14.6. The Kier molecular flexibility index (Phi) is 5.54. The van der Waals surface area contributed by atoms with Crippen molar-refractivity contribution in [1.29, 1.82) is 0 Å². The molecule has 2 aliphatic rings. The second kappa shape index (κ2) is 7.63. The smallest absolute Gasteiger partial charge is 0.187 e. The summed E-state index contributed by atoms with van der Waals surface area (Å²) in [7, 11) is 0. The lowest BCUT2D eigenvalue weighted by Gasteiger charge is -2.35. The summed E-state index contributed by atoms with van der Waals surface area (Å²) >= 11 is 0. The molecule has 0 amide bonds. The van der Waals surface area contributed by atoms with Crippen LogP contribution in [0.1, 0.15) is 55.3 Å². The lowest BCUT2D eigenvalue weighted by molar-refractivity contribution is -0.0443. The Labute approximate surface area is 139 Å². The predicted octanol–water partition coefficient (Wildman–Crippen LogP) is 3.16. The molecular weight excluding hydrogens is 288 g/mol. The molecule has 1 aromatic rings. The molecule has 1 N–H and O–H groups in total. The quantitative estimate of drug-likeness (QED) is 0.927. The Morgan fingerprint density at radius 1 is 1.26 bits per heavy atom. The summed E-state index contributed by atoms with van der Waals surface area (Å²) in [5.41, 5.74) is 2.88. The Morgan fingerprint density at radius 3 is 2.83 bits per heavy atom. The van der Waals surface area contributed by atoms with Crippen molar-refractivity contribution in [1.82, 2.24) is 9.88 Å². The Hall–Kier alpha value is -1.13. The van der Waals surface area contributed by atoms with Gasteiger partial charge in [-0.2, -0.15) is 0 Å². The third-order valence-electron chi connectivity index (χ3n) is 5.54. The number of ether oxygens (including phenoxy) is 1. The van der Waals surface area contributed by atoms with E-state index in [1.54, 1.807) is 0 Å². The van der Waals surface area contributed by atoms with Crippen molar-refractivity contribution in [2.45, 2.75) is 65.0 Å². The maximum atomic E-state index is 12.1. The molecule has 0 radical (unpaired) electrons. The predicted molar refractivity (Wildman–Crippen MR) is 92.7 cm³/mol. The van der Waals surface area contributed by atoms with E-state index < -0.39 is 0 Å². The van der Waals surface area contributed by atoms with Gasteiger partial charge in [-0.3, -0.25) is 9.69 Å². The van der Waals surface area contributed by atoms with Gasteiger partial charge < -0.3 is 9.72 Å². The first-order valence-corrected chi connectivity index (χ1v) is 9.15. The molecule has 0 unspecified atom stereocenters. The molecule has 0 spiro atoms. The van der Waals surface area contributed by atoms with Crippen molar-refractivity contribution in [2.75, 3.05) is 19.7 Å². The Balaban J connectivity index is 1.58. The molecule has 1 atom stereocenters. The minimum absolute atomic E-state index is 0.172. The molecule has 23 heavy (non-hydrogen) atoms. The van der Waals surface area contributed by atoms with E-state index in [4.69, 9.17) is 4.74 Å². The standard InChI is InChI=1S/C19H30N2O2/c1-14-11-20-18(15(2)19(14)22)13-21-8-9-23-17(12-21)10-16-6-4-3-5-7-16/h11,16-17H,3-10,12-13H2,1-2H3,(H,20,22)/t17-/m1/s1. The molecule has 2 heterocycles. The number of nitrogens with one attached hydrogen (secondary N) is 1. The summed E-state index contributed by atoms with van der Waals surface area (Å²) in [5, 5.41) is 0. The van der Waals surface area contributed by atoms with Crippen LogP contribution in [0.4, 0.5) is 0 Å². The number of nitrogens with zero attached hydrogens (tertiary/aromatic N) is 1. The van der Waals surface area contributed by atoms with E-state index in [1.165, 1.54) is 38.5 Å². The van der Waals surface area contributed by atoms with Crippen molar-refractivity contribution in [3.05, 3.63) is 33.2 Å². The molecule has 128 valence electrons. The van der Waals surface area contributed by atoms with E-state index in [-0.39, 0.29) is 5.43 Å². The first-order chi connectivity index (χ1) is 11.1. The van der Waals surface area contributed by atoms with Crippen molar-refractivity contribution in [3.8, 4) is 0 Å². The number of rotatable bonds is 4. The fourth-order valence-corrected chi connectivity index (χ4v) is 4.05. The van der Waals surface area contributed by atoms with E-state index in [2.05, 4.69) is 9.88 Å². The zero-order chi connectivity index (χ0) is 16.2. The molecule has 1 aliphatic carbocycles. The number of hydrogen-bond donors (Lipinski definition) is 1. The van der Waals surface area contributed by atoms with Gasteiger partial charge in [0.05, 0.1) is 12.7 Å². The number of H-pyrrole nitrogens is 1. The first-order valence-electron chi connectivity index (χ1n) is 9.15. The van der Waals surface area contributed by atoms with Gasteiger partial charge in [0, 0.05) is 42.7 Å². The summed E-state index contributed by atoms with van der Waals surface area (Å²) in [4.78, 5) is 17.8. The lowest BCUT2D eigenvalue weighted by atomic mass is 9.85. The van der Waals surface area contributed by atoms with Crippen LogP contribution in [0.3, 0.4) is 0 Å². The number of hydrogen-bond acceptors (Lipinski definition) is 3. The van der Waals surface area contributed by atoms with Crippen molar-refractivity contribution >= 4 is 0 Å². The van der Waals surface area contributed by atoms with Gasteiger partial charge >= 0.3 is 0 Å². The van der Waals surface area contributed by atoms with Crippen LogP contribution in [-0.4, -0.2) is 35.7 Å². The van der Waals surface area contributed by atoms with Gasteiger partial charge in [0.25, 0.3) is 0 Å². The van der Waals surface area contributed by atoms with Crippen LogP contribution < -0.4 is 5.43 Å². The maximum absolute atomic E-state index is 12.1. The Morgan fingerprint density at radius 2 is 2.04 bits per heavy atom. The summed E-state index contributed by atoms with van der Waals surface area (Å²) in [6, 6.07) is 0. The van der Waals surface area contributed by atoms with Gasteiger partial charge in [0.1, 0.15) is 0 Å². The molecule has 4 nitrogen and oxygen atoms in total. The van der Waals surface area contributed by atoms with Crippen LogP contribution in [0.5, 0.6) is 0 Å². The minimum Gasteiger partial charge on any atom is -0.376 e. The van der Waals surface area contributed by atoms with Crippen LogP contribution in [0.25, 0.3) is 0 Å². The molecular formula is C19H30N2O2. The second-order valence-corrected chi connectivity index (χ2v) is 7.37. The number of pyridine rings is 1. The van der Waals surface area contributed by atoms with Gasteiger partial charge in [0.2, 0.25) is 0 Å². The number of morpholine rings is 1. The van der Waals surface area contributed by atoms with Gasteiger partial charge in [0.15, 0.2) is 5.43 Å². The van der Waals surface area contributed by atoms with Gasteiger partial charge in [-0.1, -0.05) is 32.1 Å². The molecule has 1 saturated carbocycles. The van der Waals surface area contributed by atoms with Crippen molar-refractivity contribution < 1.29 is 4.74 Å². The normalized spacial score (nSPS) is 24.0. The Bertz CT molecular complexity index is 575. The fraction of sp³-hybridized carbons (Fsp3) is 0.737. The molecule has 4 heteroatoms. The van der Waals surface area contributed by atoms with E-state index >= 15 is 0 Å². The van der Waals surface area contributed by atoms with Gasteiger partial charge in [-0.25, -0.2) is 0 Å². The monoisotopic (exact) mass is 318 g/mol. The second-order valence-electron chi connectivity index (χ2n) is 7.37. The highest BCUT2D eigenvalue weighted by molar-refractivity contribution is 5.23. The lowest BCUT2D eigenvalue weighted by Crippen LogP contribution is -2.43. The maximum Gasteiger partial charge on any atom is 0.187 e. The van der Waals surface area contributed by atoms with Crippen molar-refractivity contribution in [2.24, 2.45) is 5.92 Å². The molecule has 0 bridgehead atoms. The van der Waals surface area contributed by atoms with Crippen LogP contribution in [0.2, 0.25) is 0 Å². The van der Waals surface area contributed by atoms with E-state index in [1.807, 2.05) is 20.0 Å². The average molecular weight is 318 g/mol.